The molecule has 2 rings (SSSR count). The first-order chi connectivity index (χ1) is 11.4. The fourth-order valence-corrected chi connectivity index (χ4v) is 2.34. The summed E-state index contributed by atoms with van der Waals surface area (Å²) in [6, 6.07) is 11.7. The van der Waals surface area contributed by atoms with E-state index in [1.165, 1.54) is 4.90 Å². The molecule has 0 saturated heterocycles. The lowest BCUT2D eigenvalue weighted by atomic mass is 10.1. The largest absolute Gasteiger partial charge is 0.355 e. The second kappa shape index (κ2) is 8.04. The van der Waals surface area contributed by atoms with Gasteiger partial charge in [0.15, 0.2) is 0 Å². The molecule has 2 aromatic rings. The fourth-order valence-electron chi connectivity index (χ4n) is 2.04. The summed E-state index contributed by atoms with van der Waals surface area (Å²) in [5.74, 6) is -0.146. The minimum Gasteiger partial charge on any atom is -0.355 e. The predicted molar refractivity (Wildman–Crippen MR) is 96.8 cm³/mol. The van der Waals surface area contributed by atoms with Crippen molar-refractivity contribution in [2.75, 3.05) is 19.4 Å². The zero-order valence-electron chi connectivity index (χ0n) is 13.3. The Morgan fingerprint density at radius 3 is 2.29 bits per heavy atom. The third kappa shape index (κ3) is 4.63. The van der Waals surface area contributed by atoms with Gasteiger partial charge in [-0.25, -0.2) is 4.79 Å². The third-order valence-corrected chi connectivity index (χ3v) is 4.12. The van der Waals surface area contributed by atoms with Crippen molar-refractivity contribution in [3.05, 3.63) is 63.6 Å². The van der Waals surface area contributed by atoms with E-state index in [2.05, 4.69) is 10.6 Å². The molecule has 0 aliphatic rings. The van der Waals surface area contributed by atoms with E-state index in [0.717, 1.165) is 5.56 Å². The topological polar surface area (TPSA) is 61.4 Å². The first-order valence-electron chi connectivity index (χ1n) is 7.19. The average Bonchev–Trinajstić information content (AvgIpc) is 2.58. The zero-order valence-corrected chi connectivity index (χ0v) is 14.8. The van der Waals surface area contributed by atoms with Gasteiger partial charge in [-0.15, -0.1) is 0 Å². The van der Waals surface area contributed by atoms with Gasteiger partial charge in [0, 0.05) is 31.9 Å². The Balaban J connectivity index is 1.98. The SMILES string of the molecule is CNC(=O)c1ccc(CN(C)C(=O)Nc2ccc(Cl)c(Cl)c2)cc1. The van der Waals surface area contributed by atoms with E-state index in [-0.39, 0.29) is 11.9 Å². The number of anilines is 1. The molecular weight excluding hydrogens is 349 g/mol. The highest BCUT2D eigenvalue weighted by Crippen LogP contribution is 2.25. The number of nitrogens with zero attached hydrogens (tertiary/aromatic N) is 1. The molecule has 0 radical (unpaired) electrons. The average molecular weight is 366 g/mol. The van der Waals surface area contributed by atoms with Crippen LogP contribution in [0.4, 0.5) is 10.5 Å². The van der Waals surface area contributed by atoms with Crippen molar-refractivity contribution in [3.63, 3.8) is 0 Å². The number of benzene rings is 2. The smallest absolute Gasteiger partial charge is 0.321 e. The number of nitrogens with one attached hydrogen (secondary N) is 2. The summed E-state index contributed by atoms with van der Waals surface area (Å²) in [6.45, 7) is 0.404. The highest BCUT2D eigenvalue weighted by molar-refractivity contribution is 6.42. The quantitative estimate of drug-likeness (QED) is 0.859. The Morgan fingerprint density at radius 2 is 1.71 bits per heavy atom. The summed E-state index contributed by atoms with van der Waals surface area (Å²) in [5.41, 5.74) is 2.05. The third-order valence-electron chi connectivity index (χ3n) is 3.38. The van der Waals surface area contributed by atoms with Crippen LogP contribution in [0.15, 0.2) is 42.5 Å². The summed E-state index contributed by atoms with van der Waals surface area (Å²) in [6.07, 6.45) is 0. The molecule has 7 heteroatoms. The Labute approximate surface area is 150 Å². The maximum Gasteiger partial charge on any atom is 0.321 e. The van der Waals surface area contributed by atoms with Crippen LogP contribution in [0.2, 0.25) is 10.0 Å². The molecule has 0 atom stereocenters. The van der Waals surface area contributed by atoms with Crippen LogP contribution >= 0.6 is 23.2 Å². The molecule has 24 heavy (non-hydrogen) atoms. The zero-order chi connectivity index (χ0) is 17.7. The van der Waals surface area contributed by atoms with E-state index in [1.807, 2.05) is 12.1 Å². The molecule has 0 aliphatic heterocycles. The van der Waals surface area contributed by atoms with Gasteiger partial charge in [0.05, 0.1) is 10.0 Å². The van der Waals surface area contributed by atoms with E-state index in [1.54, 1.807) is 44.4 Å². The van der Waals surface area contributed by atoms with Crippen molar-refractivity contribution in [2.45, 2.75) is 6.54 Å². The van der Waals surface area contributed by atoms with Gasteiger partial charge in [0.2, 0.25) is 0 Å². The molecule has 3 amide bonds. The van der Waals surface area contributed by atoms with Crippen LogP contribution in [0.1, 0.15) is 15.9 Å². The van der Waals surface area contributed by atoms with Gasteiger partial charge in [0.1, 0.15) is 0 Å². The van der Waals surface area contributed by atoms with E-state index in [0.29, 0.717) is 27.8 Å². The maximum absolute atomic E-state index is 12.2. The van der Waals surface area contributed by atoms with Gasteiger partial charge in [0.25, 0.3) is 5.91 Å². The lowest BCUT2D eigenvalue weighted by Gasteiger charge is -2.18. The molecular formula is C17H17Cl2N3O2. The molecule has 0 saturated carbocycles. The van der Waals surface area contributed by atoms with Gasteiger partial charge < -0.3 is 15.5 Å². The van der Waals surface area contributed by atoms with Crippen molar-refractivity contribution in [1.29, 1.82) is 0 Å². The van der Waals surface area contributed by atoms with Crippen LogP contribution in [0.25, 0.3) is 0 Å². The van der Waals surface area contributed by atoms with Crippen LogP contribution in [-0.4, -0.2) is 30.9 Å². The summed E-state index contributed by atoms with van der Waals surface area (Å²) in [5, 5.41) is 6.12. The molecule has 0 aliphatic carbocycles. The second-order valence-electron chi connectivity index (χ2n) is 5.19. The summed E-state index contributed by atoms with van der Waals surface area (Å²) in [7, 11) is 3.26. The Bertz CT molecular complexity index is 748. The Hall–Kier alpha value is -2.24. The van der Waals surface area contributed by atoms with Crippen molar-refractivity contribution in [3.8, 4) is 0 Å². The molecule has 0 spiro atoms. The lowest BCUT2D eigenvalue weighted by molar-refractivity contribution is 0.0963. The lowest BCUT2D eigenvalue weighted by Crippen LogP contribution is -2.30. The van der Waals surface area contributed by atoms with Crippen LogP contribution in [0.3, 0.4) is 0 Å². The predicted octanol–water partition coefficient (Wildman–Crippen LogP) is 4.02. The van der Waals surface area contributed by atoms with Crippen LogP contribution < -0.4 is 10.6 Å². The van der Waals surface area contributed by atoms with Crippen LogP contribution in [0, 0.1) is 0 Å². The number of amides is 3. The molecule has 0 unspecified atom stereocenters. The fraction of sp³-hybridized carbons (Fsp3) is 0.176. The van der Waals surface area contributed by atoms with Crippen LogP contribution in [0.5, 0.6) is 0 Å². The molecule has 126 valence electrons. The first-order valence-corrected chi connectivity index (χ1v) is 7.94. The second-order valence-corrected chi connectivity index (χ2v) is 6.01. The number of hydrogen-bond donors (Lipinski definition) is 2. The molecule has 0 aromatic heterocycles. The number of halogens is 2. The summed E-state index contributed by atoms with van der Waals surface area (Å²) in [4.78, 5) is 25.2. The highest BCUT2D eigenvalue weighted by atomic mass is 35.5. The minimum absolute atomic E-state index is 0.146. The summed E-state index contributed by atoms with van der Waals surface area (Å²) < 4.78 is 0. The van der Waals surface area contributed by atoms with Crippen molar-refractivity contribution in [1.82, 2.24) is 10.2 Å². The van der Waals surface area contributed by atoms with Gasteiger partial charge in [-0.05, 0) is 35.9 Å². The van der Waals surface area contributed by atoms with Gasteiger partial charge in [-0.3, -0.25) is 4.79 Å². The maximum atomic E-state index is 12.2. The summed E-state index contributed by atoms with van der Waals surface area (Å²) >= 11 is 11.8. The number of carbonyl (C=O) groups excluding carboxylic acids is 2. The molecule has 0 heterocycles. The molecule has 5 nitrogen and oxygen atoms in total. The highest BCUT2D eigenvalue weighted by Gasteiger charge is 2.11. The normalized spacial score (nSPS) is 10.2. The molecule has 2 N–H and O–H groups in total. The van der Waals surface area contributed by atoms with Crippen molar-refractivity contribution in [2.24, 2.45) is 0 Å². The monoisotopic (exact) mass is 365 g/mol. The standard InChI is InChI=1S/C17H17Cl2N3O2/c1-20-16(23)12-5-3-11(4-6-12)10-22(2)17(24)21-13-7-8-14(18)15(19)9-13/h3-9H,10H2,1-2H3,(H,20,23)(H,21,24). The van der Waals surface area contributed by atoms with E-state index in [4.69, 9.17) is 23.2 Å². The molecule has 0 fully saturated rings. The molecule has 0 bridgehead atoms. The van der Waals surface area contributed by atoms with Gasteiger partial charge >= 0.3 is 6.03 Å². The van der Waals surface area contributed by atoms with Crippen molar-refractivity contribution < 1.29 is 9.59 Å². The number of carbonyl (C=O) groups is 2. The Morgan fingerprint density at radius 1 is 1.04 bits per heavy atom. The van der Waals surface area contributed by atoms with E-state index < -0.39 is 0 Å². The van der Waals surface area contributed by atoms with Gasteiger partial charge in [-0.2, -0.15) is 0 Å². The first kappa shape index (κ1) is 18.1. The number of hydrogen-bond acceptors (Lipinski definition) is 2. The number of urea groups is 1. The Kier molecular flexibility index (Phi) is 6.06. The van der Waals surface area contributed by atoms with E-state index >= 15 is 0 Å². The number of rotatable bonds is 4. The van der Waals surface area contributed by atoms with Gasteiger partial charge in [-0.1, -0.05) is 35.3 Å². The van der Waals surface area contributed by atoms with Crippen molar-refractivity contribution >= 4 is 40.8 Å². The molecule has 2 aromatic carbocycles. The minimum atomic E-state index is -0.274. The van der Waals surface area contributed by atoms with E-state index in [9.17, 15) is 9.59 Å². The van der Waals surface area contributed by atoms with Crippen LogP contribution in [-0.2, 0) is 6.54 Å².